The van der Waals surface area contributed by atoms with Gasteiger partial charge in [-0.25, -0.2) is 4.98 Å². The molecule has 0 aliphatic rings. The van der Waals surface area contributed by atoms with E-state index >= 15 is 0 Å². The van der Waals surface area contributed by atoms with Crippen LogP contribution >= 0.6 is 23.1 Å². The molecule has 0 spiro atoms. The molecular weight excluding hydrogens is 370 g/mol. The fourth-order valence-corrected chi connectivity index (χ4v) is 3.07. The third-order valence-electron chi connectivity index (χ3n) is 3.68. The molecule has 0 fully saturated rings. The van der Waals surface area contributed by atoms with Gasteiger partial charge in [0.1, 0.15) is 5.82 Å². The molecule has 1 N–H and O–H groups in total. The number of pyridine rings is 1. The van der Waals surface area contributed by atoms with Crippen LogP contribution in [0.3, 0.4) is 0 Å². The van der Waals surface area contributed by atoms with Gasteiger partial charge in [-0.2, -0.15) is 4.37 Å². The number of halogens is 1. The van der Waals surface area contributed by atoms with E-state index in [0.717, 1.165) is 17.0 Å². The molecule has 3 rings (SSSR count). The highest BCUT2D eigenvalue weighted by atomic mass is 35.5. The van der Waals surface area contributed by atoms with Crippen LogP contribution in [0, 0.1) is 0 Å². The van der Waals surface area contributed by atoms with Crippen molar-refractivity contribution >= 4 is 34.2 Å². The average molecular weight is 388 g/mol. The lowest BCUT2D eigenvalue weighted by molar-refractivity contribution is -0.119. The summed E-state index contributed by atoms with van der Waals surface area (Å²) in [7, 11) is 1.83. The van der Waals surface area contributed by atoms with Gasteiger partial charge in [0.2, 0.25) is 11.0 Å². The van der Waals surface area contributed by atoms with E-state index in [2.05, 4.69) is 19.7 Å². The maximum Gasteiger partial charge on any atom is 0.239 e. The molecule has 0 aliphatic carbocycles. The number of hydrogen-bond donors (Lipinski definition) is 1. The molecule has 0 saturated heterocycles. The summed E-state index contributed by atoms with van der Waals surface area (Å²) >= 11 is 7.18. The van der Waals surface area contributed by atoms with Gasteiger partial charge < -0.3 is 10.2 Å². The largest absolute Gasteiger partial charge is 0.350 e. The second-order valence-corrected chi connectivity index (χ2v) is 6.95. The van der Waals surface area contributed by atoms with E-state index in [4.69, 9.17) is 11.6 Å². The Kier molecular flexibility index (Phi) is 6.14. The van der Waals surface area contributed by atoms with Gasteiger partial charge in [0, 0.05) is 49.0 Å². The summed E-state index contributed by atoms with van der Waals surface area (Å²) < 4.78 is 4.37. The molecule has 0 atom stereocenters. The van der Waals surface area contributed by atoms with E-state index in [9.17, 15) is 4.79 Å². The van der Waals surface area contributed by atoms with E-state index in [1.807, 2.05) is 43.4 Å². The standard InChI is InChI=1S/C18H18ClN5OS/c1-24(12-17(25)21-11-14-6-8-20-9-7-14)18-22-16(23-26-18)10-13-2-4-15(19)5-3-13/h2-9H,10-12H2,1H3,(H,21,25). The topological polar surface area (TPSA) is 71.0 Å². The molecule has 134 valence electrons. The summed E-state index contributed by atoms with van der Waals surface area (Å²) in [5, 5.41) is 4.31. The Balaban J connectivity index is 1.51. The normalized spacial score (nSPS) is 10.5. The fraction of sp³-hybridized carbons (Fsp3) is 0.222. The summed E-state index contributed by atoms with van der Waals surface area (Å²) in [6.45, 7) is 0.702. The van der Waals surface area contributed by atoms with Gasteiger partial charge in [-0.3, -0.25) is 9.78 Å². The Labute approximate surface area is 161 Å². The number of amides is 1. The first-order chi connectivity index (χ1) is 12.6. The first-order valence-corrected chi connectivity index (χ1v) is 9.19. The third kappa shape index (κ3) is 5.24. The highest BCUT2D eigenvalue weighted by Crippen LogP contribution is 2.18. The predicted octanol–water partition coefficient (Wildman–Crippen LogP) is 2.93. The number of anilines is 1. The van der Waals surface area contributed by atoms with Crippen molar-refractivity contribution < 1.29 is 4.79 Å². The first kappa shape index (κ1) is 18.3. The predicted molar refractivity (Wildman–Crippen MR) is 104 cm³/mol. The SMILES string of the molecule is CN(CC(=O)NCc1ccncc1)c1nc(Cc2ccc(Cl)cc2)ns1. The number of hydrogen-bond acceptors (Lipinski definition) is 6. The molecule has 1 amide bonds. The second kappa shape index (κ2) is 8.73. The summed E-state index contributed by atoms with van der Waals surface area (Å²) in [6.07, 6.45) is 4.05. The third-order valence-corrected chi connectivity index (χ3v) is 4.80. The number of carbonyl (C=O) groups excluding carboxylic acids is 1. The molecule has 2 heterocycles. The molecule has 3 aromatic rings. The van der Waals surface area contributed by atoms with E-state index in [1.165, 1.54) is 11.5 Å². The van der Waals surface area contributed by atoms with Crippen LogP contribution in [0.15, 0.2) is 48.8 Å². The van der Waals surface area contributed by atoms with Gasteiger partial charge in [0.15, 0.2) is 0 Å². The molecule has 2 aromatic heterocycles. The molecular formula is C18H18ClN5OS. The van der Waals surface area contributed by atoms with E-state index in [0.29, 0.717) is 23.1 Å². The summed E-state index contributed by atoms with van der Waals surface area (Å²) in [6, 6.07) is 11.4. The number of aromatic nitrogens is 3. The maximum atomic E-state index is 12.1. The number of nitrogens with zero attached hydrogens (tertiary/aromatic N) is 4. The molecule has 0 unspecified atom stereocenters. The molecule has 0 bridgehead atoms. The smallest absolute Gasteiger partial charge is 0.239 e. The monoisotopic (exact) mass is 387 g/mol. The fourth-order valence-electron chi connectivity index (χ4n) is 2.30. The van der Waals surface area contributed by atoms with Crippen molar-refractivity contribution in [3.63, 3.8) is 0 Å². The van der Waals surface area contributed by atoms with Crippen LogP contribution in [-0.2, 0) is 17.8 Å². The minimum absolute atomic E-state index is 0.0706. The van der Waals surface area contributed by atoms with Crippen molar-refractivity contribution in [3.05, 3.63) is 70.8 Å². The van der Waals surface area contributed by atoms with Crippen LogP contribution in [0.25, 0.3) is 0 Å². The lowest BCUT2D eigenvalue weighted by Gasteiger charge is -2.14. The Morgan fingerprint density at radius 3 is 2.62 bits per heavy atom. The van der Waals surface area contributed by atoms with E-state index in [-0.39, 0.29) is 12.5 Å². The van der Waals surface area contributed by atoms with Gasteiger partial charge in [-0.05, 0) is 35.4 Å². The Morgan fingerprint density at radius 2 is 1.88 bits per heavy atom. The number of carbonyl (C=O) groups is 1. The highest BCUT2D eigenvalue weighted by molar-refractivity contribution is 7.09. The molecule has 6 nitrogen and oxygen atoms in total. The maximum absolute atomic E-state index is 12.1. The Bertz CT molecular complexity index is 854. The number of likely N-dealkylation sites (N-methyl/N-ethyl adjacent to an activating group) is 1. The Hall–Kier alpha value is -2.51. The number of rotatable bonds is 7. The van der Waals surface area contributed by atoms with Crippen molar-refractivity contribution in [1.29, 1.82) is 0 Å². The zero-order valence-electron chi connectivity index (χ0n) is 14.2. The van der Waals surface area contributed by atoms with Crippen LogP contribution in [0.5, 0.6) is 0 Å². The second-order valence-electron chi connectivity index (χ2n) is 5.78. The van der Waals surface area contributed by atoms with Crippen LogP contribution in [0.1, 0.15) is 17.0 Å². The van der Waals surface area contributed by atoms with Crippen molar-refractivity contribution in [2.75, 3.05) is 18.5 Å². The zero-order chi connectivity index (χ0) is 18.4. The highest BCUT2D eigenvalue weighted by Gasteiger charge is 2.12. The van der Waals surface area contributed by atoms with E-state index in [1.54, 1.807) is 17.3 Å². The van der Waals surface area contributed by atoms with Crippen LogP contribution in [0.2, 0.25) is 5.02 Å². The van der Waals surface area contributed by atoms with Crippen LogP contribution < -0.4 is 10.2 Å². The van der Waals surface area contributed by atoms with Crippen molar-refractivity contribution in [1.82, 2.24) is 19.7 Å². The van der Waals surface area contributed by atoms with Crippen molar-refractivity contribution in [2.24, 2.45) is 0 Å². The summed E-state index contributed by atoms with van der Waals surface area (Å²) in [5.74, 6) is 0.662. The lowest BCUT2D eigenvalue weighted by Crippen LogP contribution is -2.34. The number of nitrogens with one attached hydrogen (secondary N) is 1. The van der Waals surface area contributed by atoms with Gasteiger partial charge >= 0.3 is 0 Å². The van der Waals surface area contributed by atoms with Gasteiger partial charge in [0.25, 0.3) is 0 Å². The average Bonchev–Trinajstić information content (AvgIpc) is 3.11. The summed E-state index contributed by atoms with van der Waals surface area (Å²) in [4.78, 5) is 22.4. The Morgan fingerprint density at radius 1 is 1.15 bits per heavy atom. The molecule has 0 radical (unpaired) electrons. The van der Waals surface area contributed by atoms with Crippen molar-refractivity contribution in [3.8, 4) is 0 Å². The molecule has 8 heteroatoms. The minimum atomic E-state index is -0.0706. The van der Waals surface area contributed by atoms with Crippen LogP contribution in [0.4, 0.5) is 5.13 Å². The van der Waals surface area contributed by atoms with Gasteiger partial charge in [-0.1, -0.05) is 23.7 Å². The molecule has 1 aromatic carbocycles. The minimum Gasteiger partial charge on any atom is -0.350 e. The van der Waals surface area contributed by atoms with Crippen LogP contribution in [-0.4, -0.2) is 33.8 Å². The molecule has 0 aliphatic heterocycles. The molecule has 26 heavy (non-hydrogen) atoms. The van der Waals surface area contributed by atoms with Crippen molar-refractivity contribution in [2.45, 2.75) is 13.0 Å². The molecule has 0 saturated carbocycles. The van der Waals surface area contributed by atoms with Gasteiger partial charge in [0.05, 0.1) is 6.54 Å². The zero-order valence-corrected chi connectivity index (χ0v) is 15.8. The lowest BCUT2D eigenvalue weighted by atomic mass is 10.1. The summed E-state index contributed by atoms with van der Waals surface area (Å²) in [5.41, 5.74) is 2.11. The van der Waals surface area contributed by atoms with E-state index < -0.39 is 0 Å². The number of benzene rings is 1. The first-order valence-electron chi connectivity index (χ1n) is 8.04. The van der Waals surface area contributed by atoms with Gasteiger partial charge in [-0.15, -0.1) is 0 Å². The quantitative estimate of drug-likeness (QED) is 0.674.